The predicted molar refractivity (Wildman–Crippen MR) is 225 cm³/mol. The summed E-state index contributed by atoms with van der Waals surface area (Å²) in [5, 5.41) is 119. The number of hydrogen-bond donors (Lipinski definition) is 11. The van der Waals surface area contributed by atoms with Gasteiger partial charge in [0.05, 0.1) is 50.8 Å². The zero-order valence-electron chi connectivity index (χ0n) is 38.9. The molecule has 4 saturated heterocycles. The lowest BCUT2D eigenvalue weighted by molar-refractivity contribution is -0.383. The van der Waals surface area contributed by atoms with E-state index in [2.05, 4.69) is 34.6 Å². The van der Waals surface area contributed by atoms with E-state index < -0.39 is 117 Å². The van der Waals surface area contributed by atoms with Gasteiger partial charge in [0.15, 0.2) is 18.9 Å². The molecule has 2 bridgehead atoms. The number of ether oxygens (including phenoxy) is 7. The van der Waals surface area contributed by atoms with Gasteiger partial charge >= 0.3 is 0 Å². The van der Waals surface area contributed by atoms with E-state index in [0.29, 0.717) is 19.4 Å². The van der Waals surface area contributed by atoms with E-state index in [1.54, 1.807) is 0 Å². The lowest BCUT2D eigenvalue weighted by Gasteiger charge is -2.75. The van der Waals surface area contributed by atoms with Crippen LogP contribution in [0, 0.1) is 50.2 Å². The Morgan fingerprint density at radius 1 is 0.569 bits per heavy atom. The summed E-state index contributed by atoms with van der Waals surface area (Å²) >= 11 is 0. The topological polar surface area (TPSA) is 287 Å². The molecule has 0 amide bonds. The third-order valence-electron chi connectivity index (χ3n) is 20.3. The molecule has 0 unspecified atom stereocenters. The van der Waals surface area contributed by atoms with Gasteiger partial charge in [0.1, 0.15) is 67.1 Å². The van der Waals surface area contributed by atoms with E-state index in [1.165, 1.54) is 0 Å². The van der Waals surface area contributed by atoms with E-state index in [0.717, 1.165) is 51.4 Å². The van der Waals surface area contributed by atoms with Gasteiger partial charge in [-0.15, -0.1) is 0 Å². The first-order valence-electron chi connectivity index (χ1n) is 24.3. The Morgan fingerprint density at radius 2 is 1.18 bits per heavy atom. The van der Waals surface area contributed by atoms with Gasteiger partial charge in [-0.2, -0.15) is 0 Å². The van der Waals surface area contributed by atoms with Crippen molar-refractivity contribution in [2.75, 3.05) is 33.0 Å². The standard InChI is InChI=1S/C47H78O18/c1-41(2)13-14-46-21-60-47(27(46)15-41)12-8-26-42(3)10-9-29(43(4,20-50)25(42)7-11-44(26,5)45(47,6)16-28(46)51)64-40-37(65-39-36(58)34(56)31(53)23(18-49)62-39)32(54)24(19-59-40)63-38-35(57)33(55)30(52)22(17-48)61-38/h22-40,48-58H,7-21H2,1-6H3/t22-,23-,24+,25-,26-,27-,28-,29+,30-,31-,32+,33+,34+,35-,36-,37+,38+,39+,40+,42+,43+,44-,45+,46-,47+/m1/s1. The highest BCUT2D eigenvalue weighted by Gasteiger charge is 2.80. The smallest absolute Gasteiger partial charge is 0.187 e. The highest BCUT2D eigenvalue weighted by molar-refractivity contribution is 5.28. The molecule has 65 heavy (non-hydrogen) atoms. The molecule has 4 aliphatic heterocycles. The average molecular weight is 931 g/mol. The second-order valence-corrected chi connectivity index (χ2v) is 23.7. The fourth-order valence-corrected chi connectivity index (χ4v) is 16.2. The lowest BCUT2D eigenvalue weighted by Crippen LogP contribution is -2.74. The summed E-state index contributed by atoms with van der Waals surface area (Å²) in [7, 11) is 0. The van der Waals surface area contributed by atoms with Crippen LogP contribution >= 0.6 is 0 Å². The molecule has 18 nitrogen and oxygen atoms in total. The molecule has 0 radical (unpaired) electrons. The third kappa shape index (κ3) is 7.07. The molecule has 25 atom stereocenters. The van der Waals surface area contributed by atoms with Crippen LogP contribution in [0.3, 0.4) is 0 Å². The van der Waals surface area contributed by atoms with Gasteiger partial charge in [-0.05, 0) is 98.2 Å². The van der Waals surface area contributed by atoms with Crippen LogP contribution in [0.4, 0.5) is 0 Å². The summed E-state index contributed by atoms with van der Waals surface area (Å²) in [6.45, 7) is 12.6. The highest BCUT2D eigenvalue weighted by atomic mass is 16.8. The summed E-state index contributed by atoms with van der Waals surface area (Å²) in [6.07, 6.45) is -15.0. The Hall–Kier alpha value is -0.720. The van der Waals surface area contributed by atoms with Crippen molar-refractivity contribution in [1.82, 2.24) is 0 Å². The van der Waals surface area contributed by atoms with Crippen LogP contribution in [0.5, 0.6) is 0 Å². The van der Waals surface area contributed by atoms with E-state index in [1.807, 2.05) is 6.92 Å². The van der Waals surface area contributed by atoms with Crippen molar-refractivity contribution >= 4 is 0 Å². The Kier molecular flexibility index (Phi) is 12.9. The van der Waals surface area contributed by atoms with Crippen LogP contribution in [-0.2, 0) is 33.2 Å². The number of rotatable bonds is 9. The molecule has 9 aliphatic rings. The first-order chi connectivity index (χ1) is 30.5. The first-order valence-corrected chi connectivity index (χ1v) is 24.3. The second kappa shape index (κ2) is 17.0. The van der Waals surface area contributed by atoms with Gasteiger partial charge in [-0.25, -0.2) is 0 Å². The largest absolute Gasteiger partial charge is 0.396 e. The molecular weight excluding hydrogens is 852 g/mol. The fourth-order valence-electron chi connectivity index (χ4n) is 16.2. The summed E-state index contributed by atoms with van der Waals surface area (Å²) in [6, 6.07) is 0. The second-order valence-electron chi connectivity index (χ2n) is 23.7. The third-order valence-corrected chi connectivity index (χ3v) is 20.3. The van der Waals surface area contributed by atoms with Gasteiger partial charge in [-0.3, -0.25) is 0 Å². The number of fused-ring (bicyclic) bond motifs is 4. The van der Waals surface area contributed by atoms with Gasteiger partial charge in [0.25, 0.3) is 0 Å². The average Bonchev–Trinajstić information content (AvgIpc) is 3.55. The summed E-state index contributed by atoms with van der Waals surface area (Å²) < 4.78 is 43.6. The molecule has 4 heterocycles. The van der Waals surface area contributed by atoms with Crippen LogP contribution in [-0.4, -0.2) is 193 Å². The van der Waals surface area contributed by atoms with Crippen molar-refractivity contribution in [2.24, 2.45) is 50.2 Å². The van der Waals surface area contributed by atoms with Crippen LogP contribution in [0.2, 0.25) is 0 Å². The van der Waals surface area contributed by atoms with Crippen molar-refractivity contribution < 1.29 is 89.3 Å². The molecule has 374 valence electrons. The maximum Gasteiger partial charge on any atom is 0.187 e. The zero-order valence-corrected chi connectivity index (χ0v) is 38.9. The molecule has 1 spiro atoms. The van der Waals surface area contributed by atoms with E-state index in [-0.39, 0.29) is 63.6 Å². The van der Waals surface area contributed by atoms with Gasteiger partial charge in [0, 0.05) is 16.2 Å². The molecule has 5 saturated carbocycles. The zero-order chi connectivity index (χ0) is 47.0. The molecular formula is C47H78O18. The Balaban J connectivity index is 0.976. The minimum Gasteiger partial charge on any atom is -0.396 e. The predicted octanol–water partition coefficient (Wildman–Crippen LogP) is -0.563. The lowest BCUT2D eigenvalue weighted by atomic mass is 9.30. The fraction of sp³-hybridized carbons (Fsp3) is 1.00. The molecule has 9 rings (SSSR count). The summed E-state index contributed by atoms with van der Waals surface area (Å²) in [5.74, 6) is 0.529. The van der Waals surface area contributed by atoms with Crippen LogP contribution in [0.1, 0.15) is 106 Å². The Bertz CT molecular complexity index is 1720. The van der Waals surface area contributed by atoms with Gasteiger partial charge in [0.2, 0.25) is 0 Å². The molecule has 0 aromatic heterocycles. The van der Waals surface area contributed by atoms with E-state index in [9.17, 15) is 56.2 Å². The molecule has 0 aromatic carbocycles. The quantitative estimate of drug-likeness (QED) is 0.129. The Morgan fingerprint density at radius 3 is 1.80 bits per heavy atom. The number of aliphatic hydroxyl groups is 11. The minimum atomic E-state index is -1.85. The molecule has 11 N–H and O–H groups in total. The summed E-state index contributed by atoms with van der Waals surface area (Å²) in [4.78, 5) is 0. The van der Waals surface area contributed by atoms with Crippen molar-refractivity contribution in [3.8, 4) is 0 Å². The molecule has 9 fully saturated rings. The van der Waals surface area contributed by atoms with Gasteiger partial charge < -0.3 is 89.3 Å². The van der Waals surface area contributed by atoms with Crippen LogP contribution in [0.25, 0.3) is 0 Å². The van der Waals surface area contributed by atoms with Gasteiger partial charge in [-0.1, -0.05) is 41.5 Å². The monoisotopic (exact) mass is 931 g/mol. The number of aliphatic hydroxyl groups excluding tert-OH is 11. The SMILES string of the molecule is CC1(C)CC[C@]23CO[C@@]4(CC[C@@H]5[C@@]6(C)CC[C@H](O[C@@H]7OC[C@H](O[C@@H]8O[C@H](CO)[C@@H](O)[C@H](O)[C@H]8O)[C@H](O)[C@@H]7O[C@@H]7O[C@H](CO)[C@@H](O)[C@H](O)[C@H]7O)[C@@](C)(CO)[C@@H]6CC[C@@]5(C)[C@]4(C)C[C@H]2O)[C@@H]3C1. The molecule has 18 heteroatoms. The van der Waals surface area contributed by atoms with Crippen molar-refractivity contribution in [3.05, 3.63) is 0 Å². The molecule has 0 aromatic rings. The summed E-state index contributed by atoms with van der Waals surface area (Å²) in [5.41, 5.74) is -1.86. The van der Waals surface area contributed by atoms with Crippen molar-refractivity contribution in [3.63, 3.8) is 0 Å². The Labute approximate surface area is 381 Å². The van der Waals surface area contributed by atoms with Crippen LogP contribution in [0.15, 0.2) is 0 Å². The first kappa shape index (κ1) is 49.3. The van der Waals surface area contributed by atoms with E-state index in [4.69, 9.17) is 33.2 Å². The van der Waals surface area contributed by atoms with Crippen LogP contribution < -0.4 is 0 Å². The van der Waals surface area contributed by atoms with Crippen molar-refractivity contribution in [2.45, 2.75) is 210 Å². The number of hydrogen-bond acceptors (Lipinski definition) is 18. The van der Waals surface area contributed by atoms with E-state index >= 15 is 0 Å². The maximum atomic E-state index is 12.2. The van der Waals surface area contributed by atoms with Crippen molar-refractivity contribution in [1.29, 1.82) is 0 Å². The maximum absolute atomic E-state index is 12.2. The minimum absolute atomic E-state index is 0.0132. The molecule has 5 aliphatic carbocycles. The highest BCUT2D eigenvalue weighted by Crippen LogP contribution is 2.80. The normalized spacial score (nSPS) is 58.6.